The van der Waals surface area contributed by atoms with Gasteiger partial charge in [-0.25, -0.2) is 8.42 Å². The zero-order valence-electron chi connectivity index (χ0n) is 15.7. The van der Waals surface area contributed by atoms with Gasteiger partial charge in [0, 0.05) is 38.7 Å². The summed E-state index contributed by atoms with van der Waals surface area (Å²) in [7, 11) is -3.58. The van der Waals surface area contributed by atoms with Crippen LogP contribution >= 0.6 is 0 Å². The third-order valence-electron chi connectivity index (χ3n) is 4.86. The van der Waals surface area contributed by atoms with Crippen molar-refractivity contribution in [1.29, 1.82) is 0 Å². The van der Waals surface area contributed by atoms with Gasteiger partial charge in [-0.15, -0.1) is 0 Å². The molecule has 0 atom stereocenters. The Kier molecular flexibility index (Phi) is 5.25. The summed E-state index contributed by atoms with van der Waals surface area (Å²) in [5.41, 5.74) is 1.63. The van der Waals surface area contributed by atoms with Crippen molar-refractivity contribution >= 4 is 10.0 Å². The molecule has 0 N–H and O–H groups in total. The maximum atomic E-state index is 13.3. The van der Waals surface area contributed by atoms with Crippen molar-refractivity contribution in [2.45, 2.75) is 18.4 Å². The third-order valence-corrected chi connectivity index (χ3v) is 6.81. The second kappa shape index (κ2) is 7.83. The predicted molar refractivity (Wildman–Crippen MR) is 105 cm³/mol. The minimum Gasteiger partial charge on any atom is -0.340 e. The Bertz CT molecular complexity index is 1040. The van der Waals surface area contributed by atoms with Gasteiger partial charge in [-0.2, -0.15) is 9.29 Å². The molecule has 0 radical (unpaired) electrons. The Morgan fingerprint density at radius 1 is 0.964 bits per heavy atom. The number of hydrogen-bond donors (Lipinski definition) is 0. The lowest BCUT2D eigenvalue weighted by molar-refractivity contribution is 0.176. The van der Waals surface area contributed by atoms with Crippen molar-refractivity contribution in [3.05, 3.63) is 66.3 Å². The summed E-state index contributed by atoms with van der Waals surface area (Å²) in [6, 6.07) is 16.8. The van der Waals surface area contributed by atoms with E-state index in [1.165, 1.54) is 0 Å². The lowest BCUT2D eigenvalue weighted by Crippen LogP contribution is -2.48. The van der Waals surface area contributed by atoms with Gasteiger partial charge in [0.2, 0.25) is 15.9 Å². The molecule has 0 aliphatic carbocycles. The van der Waals surface area contributed by atoms with Gasteiger partial charge in [-0.05, 0) is 11.6 Å². The Labute approximate surface area is 164 Å². The number of sulfonamides is 1. The number of rotatable bonds is 5. The van der Waals surface area contributed by atoms with Crippen LogP contribution in [0.1, 0.15) is 11.7 Å². The Balaban J connectivity index is 1.51. The summed E-state index contributed by atoms with van der Waals surface area (Å²) < 4.78 is 33.2. The fraction of sp³-hybridized carbons (Fsp3) is 0.300. The lowest BCUT2D eigenvalue weighted by Gasteiger charge is -2.33. The van der Waals surface area contributed by atoms with E-state index in [1.807, 2.05) is 42.5 Å². The number of aryl methyl sites for hydroxylation is 1. The quantitative estimate of drug-likeness (QED) is 0.657. The molecular formula is C20H22N4O3S. The van der Waals surface area contributed by atoms with Gasteiger partial charge in [0.25, 0.3) is 0 Å². The Hall–Kier alpha value is -2.55. The van der Waals surface area contributed by atoms with Crippen LogP contribution in [0.25, 0.3) is 11.1 Å². The van der Waals surface area contributed by atoms with E-state index in [4.69, 9.17) is 4.52 Å². The highest BCUT2D eigenvalue weighted by atomic mass is 32.2. The van der Waals surface area contributed by atoms with E-state index < -0.39 is 10.0 Å². The molecular weight excluding hydrogens is 376 g/mol. The fourth-order valence-corrected chi connectivity index (χ4v) is 5.06. The number of aromatic nitrogens is 2. The van der Waals surface area contributed by atoms with Gasteiger partial charge in [-0.1, -0.05) is 53.7 Å². The molecule has 0 unspecified atom stereocenters. The summed E-state index contributed by atoms with van der Waals surface area (Å²) in [6.45, 7) is 4.43. The number of hydrogen-bond acceptors (Lipinski definition) is 6. The molecule has 146 valence electrons. The average Bonchev–Trinajstić information content (AvgIpc) is 3.13. The fourth-order valence-electron chi connectivity index (χ4n) is 3.42. The third kappa shape index (κ3) is 3.84. The number of benzene rings is 2. The topological polar surface area (TPSA) is 79.5 Å². The van der Waals surface area contributed by atoms with Gasteiger partial charge in [0.05, 0.1) is 11.4 Å². The van der Waals surface area contributed by atoms with Crippen LogP contribution in [0, 0.1) is 6.92 Å². The minimum absolute atomic E-state index is 0.350. The monoisotopic (exact) mass is 398 g/mol. The first kappa shape index (κ1) is 18.8. The summed E-state index contributed by atoms with van der Waals surface area (Å²) in [5.74, 6) is 1.16. The highest BCUT2D eigenvalue weighted by Gasteiger charge is 2.30. The number of piperazine rings is 1. The van der Waals surface area contributed by atoms with E-state index in [2.05, 4.69) is 15.0 Å². The molecule has 2 aromatic carbocycles. The molecule has 1 aromatic heterocycles. The second-order valence-corrected chi connectivity index (χ2v) is 8.68. The van der Waals surface area contributed by atoms with Gasteiger partial charge in [0.1, 0.15) is 0 Å². The molecule has 7 nitrogen and oxygen atoms in total. The van der Waals surface area contributed by atoms with E-state index in [-0.39, 0.29) is 0 Å². The molecule has 0 spiro atoms. The van der Waals surface area contributed by atoms with Crippen LogP contribution in [-0.2, 0) is 16.6 Å². The molecule has 28 heavy (non-hydrogen) atoms. The average molecular weight is 398 g/mol. The zero-order valence-corrected chi connectivity index (χ0v) is 16.5. The van der Waals surface area contributed by atoms with E-state index in [0.29, 0.717) is 49.3 Å². The van der Waals surface area contributed by atoms with E-state index in [0.717, 1.165) is 11.1 Å². The molecule has 1 fully saturated rings. The highest BCUT2D eigenvalue weighted by Crippen LogP contribution is 2.29. The second-order valence-electron chi connectivity index (χ2n) is 6.77. The normalized spacial score (nSPS) is 16.3. The van der Waals surface area contributed by atoms with Crippen molar-refractivity contribution in [3.8, 4) is 11.1 Å². The van der Waals surface area contributed by atoms with Crippen molar-refractivity contribution in [3.63, 3.8) is 0 Å². The summed E-state index contributed by atoms with van der Waals surface area (Å²) in [4.78, 5) is 6.70. The number of nitrogens with zero attached hydrogens (tertiary/aromatic N) is 4. The van der Waals surface area contributed by atoms with Gasteiger partial charge < -0.3 is 4.52 Å². The minimum atomic E-state index is -3.58. The van der Waals surface area contributed by atoms with E-state index in [1.54, 1.807) is 23.4 Å². The van der Waals surface area contributed by atoms with Crippen molar-refractivity contribution in [2.75, 3.05) is 26.2 Å². The van der Waals surface area contributed by atoms with Crippen LogP contribution in [0.15, 0.2) is 64.0 Å². The standard InChI is InChI=1S/C20H22N4O3S/c1-16-21-20(22-27-16)15-23-11-13-24(14-12-23)28(25,26)19-10-6-5-9-18(19)17-7-3-2-4-8-17/h2-10H,11-15H2,1H3. The first-order chi connectivity index (χ1) is 13.5. The maximum Gasteiger partial charge on any atom is 0.243 e. The zero-order chi connectivity index (χ0) is 19.6. The maximum absolute atomic E-state index is 13.3. The van der Waals surface area contributed by atoms with Crippen molar-refractivity contribution < 1.29 is 12.9 Å². The van der Waals surface area contributed by atoms with Gasteiger partial charge >= 0.3 is 0 Å². The largest absolute Gasteiger partial charge is 0.340 e. The summed E-state index contributed by atoms with van der Waals surface area (Å²) in [5, 5.41) is 3.91. The smallest absolute Gasteiger partial charge is 0.243 e. The highest BCUT2D eigenvalue weighted by molar-refractivity contribution is 7.89. The lowest BCUT2D eigenvalue weighted by atomic mass is 10.1. The van der Waals surface area contributed by atoms with Crippen LogP contribution in [-0.4, -0.2) is 53.9 Å². The van der Waals surface area contributed by atoms with Crippen molar-refractivity contribution in [2.24, 2.45) is 0 Å². The predicted octanol–water partition coefficient (Wildman–Crippen LogP) is 2.55. The van der Waals surface area contributed by atoms with Crippen LogP contribution < -0.4 is 0 Å². The van der Waals surface area contributed by atoms with Gasteiger partial charge in [-0.3, -0.25) is 4.90 Å². The van der Waals surface area contributed by atoms with Crippen molar-refractivity contribution in [1.82, 2.24) is 19.3 Å². The van der Waals surface area contributed by atoms with Crippen LogP contribution in [0.3, 0.4) is 0 Å². The molecule has 1 saturated heterocycles. The van der Waals surface area contributed by atoms with Crippen LogP contribution in [0.2, 0.25) is 0 Å². The molecule has 2 heterocycles. The van der Waals surface area contributed by atoms with Crippen LogP contribution in [0.5, 0.6) is 0 Å². The molecule has 4 rings (SSSR count). The van der Waals surface area contributed by atoms with Crippen LogP contribution in [0.4, 0.5) is 0 Å². The first-order valence-corrected chi connectivity index (χ1v) is 10.6. The van der Waals surface area contributed by atoms with E-state index in [9.17, 15) is 8.42 Å². The molecule has 0 bridgehead atoms. The molecule has 3 aromatic rings. The van der Waals surface area contributed by atoms with Gasteiger partial charge in [0.15, 0.2) is 5.82 Å². The SMILES string of the molecule is Cc1nc(CN2CCN(S(=O)(=O)c3ccccc3-c3ccccc3)CC2)no1. The molecule has 1 aliphatic heterocycles. The molecule has 0 saturated carbocycles. The summed E-state index contributed by atoms with van der Waals surface area (Å²) >= 11 is 0. The molecule has 1 aliphatic rings. The first-order valence-electron chi connectivity index (χ1n) is 9.20. The van der Waals surface area contributed by atoms with E-state index >= 15 is 0 Å². The summed E-state index contributed by atoms with van der Waals surface area (Å²) in [6.07, 6.45) is 0. The molecule has 8 heteroatoms. The Morgan fingerprint density at radius 2 is 1.64 bits per heavy atom. The Morgan fingerprint density at radius 3 is 2.32 bits per heavy atom. The molecule has 0 amide bonds.